The van der Waals surface area contributed by atoms with Gasteiger partial charge in [-0.15, -0.1) is 6.42 Å². The van der Waals surface area contributed by atoms with Crippen molar-refractivity contribution in [3.63, 3.8) is 0 Å². The van der Waals surface area contributed by atoms with Crippen LogP contribution in [0.5, 0.6) is 46.0 Å². The first-order valence-corrected chi connectivity index (χ1v) is 48.8. The van der Waals surface area contributed by atoms with Crippen molar-refractivity contribution in [3.05, 3.63) is 131 Å². The topological polar surface area (TPSA) is 317 Å². The van der Waals surface area contributed by atoms with Crippen molar-refractivity contribution < 1.29 is 128 Å². The number of carbonyl (C=O) groups is 7. The van der Waals surface area contributed by atoms with E-state index in [4.69, 9.17) is 170 Å². The van der Waals surface area contributed by atoms with Crippen LogP contribution in [-0.2, 0) is 77.3 Å². The van der Waals surface area contributed by atoms with E-state index in [1.165, 1.54) is 62.1 Å². The zero-order valence-corrected chi connectivity index (χ0v) is 82.1. The second-order valence-corrected chi connectivity index (χ2v) is 43.1. The molecule has 2 unspecified atom stereocenters. The smallest absolute Gasteiger partial charge is 0.416 e. The van der Waals surface area contributed by atoms with Gasteiger partial charge in [-0.05, 0) is 153 Å². The summed E-state index contributed by atoms with van der Waals surface area (Å²) in [4.78, 5) is 102. The van der Waals surface area contributed by atoms with Crippen LogP contribution in [0.15, 0.2) is 103 Å². The first-order valence-electron chi connectivity index (χ1n) is 43.7. The Bertz CT molecular complexity index is 4830. The minimum absolute atomic E-state index is 0.00185. The molecule has 4 amide bonds. The van der Waals surface area contributed by atoms with Crippen molar-refractivity contribution in [3.8, 4) is 58.3 Å². The third kappa shape index (κ3) is 29.1. The molecule has 0 N–H and O–H groups in total. The molecule has 31 nitrogen and oxygen atoms in total. The molecule has 1 saturated heterocycles. The fourth-order valence-corrected chi connectivity index (χ4v) is 16.7. The Morgan fingerprint density at radius 3 is 1.45 bits per heavy atom. The van der Waals surface area contributed by atoms with E-state index < -0.39 is 131 Å². The highest BCUT2D eigenvalue weighted by Gasteiger charge is 2.55. The van der Waals surface area contributed by atoms with Gasteiger partial charge in [0, 0.05) is 110 Å². The largest absolute Gasteiger partial charge is 0.497 e. The molecule has 0 aromatic heterocycles. The molecule has 0 spiro atoms. The Hall–Kier alpha value is -8.89. The monoisotopic (exact) mass is 1970 g/mol. The molecule has 5 aliphatic rings. The van der Waals surface area contributed by atoms with Crippen LogP contribution in [0.2, 0.25) is 18.1 Å². The molecule has 132 heavy (non-hydrogen) atoms. The van der Waals surface area contributed by atoms with Gasteiger partial charge in [-0.3, -0.25) is 24.1 Å². The van der Waals surface area contributed by atoms with Gasteiger partial charge in [0.25, 0.3) is 11.8 Å². The number of rotatable bonds is 47. The molecule has 5 aromatic rings. The normalized spacial score (nSPS) is 19.5. The molecular weight excluding hydrogens is 1860 g/mol. The highest BCUT2D eigenvalue weighted by atomic mass is 35.6. The second-order valence-electron chi connectivity index (χ2n) is 33.3. The summed E-state index contributed by atoms with van der Waals surface area (Å²) in [6, 6.07) is 24.3. The Morgan fingerprint density at radius 1 is 0.508 bits per heavy atom. The number of amides is 4. The number of anilines is 2. The van der Waals surface area contributed by atoms with Gasteiger partial charge < -0.3 is 104 Å². The number of alkyl halides is 6. The summed E-state index contributed by atoms with van der Waals surface area (Å²) in [6.45, 7) is 20.6. The van der Waals surface area contributed by atoms with Crippen LogP contribution in [-0.4, -0.2) is 251 Å². The Kier molecular flexibility index (Phi) is 39.5. The Balaban J connectivity index is 0.648. The lowest BCUT2D eigenvalue weighted by atomic mass is 9.91. The van der Waals surface area contributed by atoms with Crippen molar-refractivity contribution in [1.29, 1.82) is 0 Å². The first kappa shape index (κ1) is 105. The number of aryl methyl sites for hydroxylation is 1. The van der Waals surface area contributed by atoms with Crippen LogP contribution in [0.4, 0.5) is 21.0 Å². The maximum Gasteiger partial charge on any atom is 0.416 e. The fraction of sp³-hybridized carbons (Fsp3) is 0.543. The van der Waals surface area contributed by atoms with Crippen LogP contribution < -0.4 is 47.7 Å². The van der Waals surface area contributed by atoms with Gasteiger partial charge in [0.15, 0.2) is 55.9 Å². The van der Waals surface area contributed by atoms with Gasteiger partial charge in [-0.25, -0.2) is 19.3 Å². The van der Waals surface area contributed by atoms with E-state index in [9.17, 15) is 24.0 Å². The number of hydrogen-bond acceptors (Lipinski definition) is 27. The van der Waals surface area contributed by atoms with E-state index in [0.717, 1.165) is 67.1 Å². The number of terminal acetylenes is 1. The summed E-state index contributed by atoms with van der Waals surface area (Å²) < 4.78 is 114. The molecule has 0 radical (unpaired) electrons. The van der Waals surface area contributed by atoms with Gasteiger partial charge in [-0.1, -0.05) is 134 Å². The molecule has 38 heteroatoms. The number of fused-ring (bicyclic) bond motifs is 4. The maximum absolute atomic E-state index is 15.4. The van der Waals surface area contributed by atoms with E-state index in [1.807, 2.05) is 67.7 Å². The standard InChI is InChI=1S/C94H118Cl6N4O27Si/c1-15-34-122-77-50-70(129-89-59(2)82(127-61(4)105)83(128-62(5)106)84(130-89)88(109)115-12)33-28-65(77)23-16-17-35-116-36-18-37-117-38-19-39-118-40-20-41-119-42-21-43-120-46-47-121-69-31-26-64(27-32-69)67-49-76-87(131-132(13,14)92(6,7)8)104(91(111)126-58-94(98,99)100)75-54-81(79(114-11)52-72(75)86(108)102(76)56-67)124-45-22-44-123-80-53-74-71(51-78(80)113-10)85(107)101-55-66(63-24-29-68(112-9)30-25-63)48-73(101)60(3)103(74)90(110)125-57-93(95,96)97/h1,24-33,50-56,59-60,73,76,82-84,87,89H,16-23,34-49,57-58H2,2-14H3/t59-,60-,73?,76?,82-,83+,84+,87-,89-/m1/s1. The van der Waals surface area contributed by atoms with Gasteiger partial charge >= 0.3 is 30.1 Å². The molecule has 5 aromatic carbocycles. The molecule has 5 heterocycles. The number of nitrogens with zero attached hydrogens (tertiary/aromatic N) is 4. The predicted molar refractivity (Wildman–Crippen MR) is 499 cm³/mol. The van der Waals surface area contributed by atoms with Crippen molar-refractivity contribution in [2.24, 2.45) is 5.92 Å². The van der Waals surface area contributed by atoms with Crippen molar-refractivity contribution >= 4 is 142 Å². The quantitative estimate of drug-likeness (QED) is 0.00872. The SMILES string of the molecule is C#CCOc1cc(O[C@@H]2O[C@H](C(=O)OC)[C@@H](OC(C)=O)[C@H](OC(C)=O)[C@H]2C)ccc1CCCCOCCCOCCCOCCCOCCCOCCOc1ccc(C2=CN3C(=O)c4cc(OC)c(OCCCOc5cc6c(cc5OC)C(=O)N5C=C(c7ccc(OC)cc7)CC5[C@@H](C)N6C(=O)OCC(Cl)(Cl)Cl)cc4N(C(=O)OCC(Cl)(Cl)Cl)[C@H](O[Si](C)(C)C(C)(C)C)C3C2)cc1. The highest BCUT2D eigenvalue weighted by Crippen LogP contribution is 2.50. The van der Waals surface area contributed by atoms with Crippen LogP contribution in [0.3, 0.4) is 0 Å². The van der Waals surface area contributed by atoms with Gasteiger partial charge in [0.1, 0.15) is 49.4 Å². The third-order valence-corrected chi connectivity index (χ3v) is 27.9. The minimum atomic E-state index is -2.88. The van der Waals surface area contributed by atoms with E-state index in [1.54, 1.807) is 55.3 Å². The number of hydrogen-bond donors (Lipinski definition) is 0. The van der Waals surface area contributed by atoms with Crippen molar-refractivity contribution in [2.45, 2.75) is 187 Å². The molecule has 0 bridgehead atoms. The minimum Gasteiger partial charge on any atom is -0.497 e. The summed E-state index contributed by atoms with van der Waals surface area (Å²) in [5.41, 5.74) is 4.61. The summed E-state index contributed by atoms with van der Waals surface area (Å²) in [5, 5.41) is -0.402. The molecule has 9 atom stereocenters. The van der Waals surface area contributed by atoms with Crippen molar-refractivity contribution in [2.75, 3.05) is 144 Å². The van der Waals surface area contributed by atoms with E-state index >= 15 is 9.59 Å². The predicted octanol–water partition coefficient (Wildman–Crippen LogP) is 17.3. The number of carbonyl (C=O) groups excluding carboxylic acids is 7. The molecule has 5 aliphatic heterocycles. The maximum atomic E-state index is 15.4. The molecule has 722 valence electrons. The summed E-state index contributed by atoms with van der Waals surface area (Å²) >= 11 is 36.9. The molecule has 1 fully saturated rings. The first-order chi connectivity index (χ1) is 63.0. The van der Waals surface area contributed by atoms with E-state index in [-0.39, 0.29) is 78.2 Å². The number of methoxy groups -OCH3 is 4. The Labute approximate surface area is 801 Å². The number of esters is 3. The molecule has 0 saturated carbocycles. The van der Waals surface area contributed by atoms with Crippen LogP contribution >= 0.6 is 69.6 Å². The lowest BCUT2D eigenvalue weighted by Crippen LogP contribution is -2.60. The van der Waals surface area contributed by atoms with Crippen LogP contribution in [0.25, 0.3) is 11.1 Å². The molecular formula is C94H118Cl6N4O27Si. The van der Waals surface area contributed by atoms with Gasteiger partial charge in [0.2, 0.25) is 13.9 Å². The summed E-state index contributed by atoms with van der Waals surface area (Å²) in [7, 11) is 2.71. The Morgan fingerprint density at radius 2 is 0.970 bits per heavy atom. The average molecular weight is 1980 g/mol. The summed E-state index contributed by atoms with van der Waals surface area (Å²) in [5.74, 6) is 1.54. The highest BCUT2D eigenvalue weighted by molar-refractivity contribution is 6.74. The number of ether oxygens (including phenoxy) is 19. The second kappa shape index (κ2) is 49.6. The lowest BCUT2D eigenvalue weighted by Gasteiger charge is -2.44. The molecule has 0 aliphatic carbocycles. The van der Waals surface area contributed by atoms with Crippen LogP contribution in [0.1, 0.15) is 144 Å². The van der Waals surface area contributed by atoms with Gasteiger partial charge in [-0.2, -0.15) is 0 Å². The molecule has 10 rings (SSSR count). The number of unbranched alkanes of at least 4 members (excludes halogenated alkanes) is 1. The van der Waals surface area contributed by atoms with Crippen molar-refractivity contribution in [1.82, 2.24) is 9.80 Å². The van der Waals surface area contributed by atoms with Crippen LogP contribution in [0, 0.1) is 18.3 Å². The van der Waals surface area contributed by atoms with E-state index in [2.05, 4.69) is 26.7 Å². The average Bonchev–Trinajstić information content (AvgIpc) is 1.58. The van der Waals surface area contributed by atoms with E-state index in [0.29, 0.717) is 115 Å². The number of benzene rings is 5. The lowest BCUT2D eigenvalue weighted by molar-refractivity contribution is -0.261. The number of halogens is 6. The van der Waals surface area contributed by atoms with Gasteiger partial charge in [0.05, 0.1) is 94.8 Å². The zero-order valence-electron chi connectivity index (χ0n) is 76.6. The summed E-state index contributed by atoms with van der Waals surface area (Å²) in [6.07, 6.45) is 7.28. The third-order valence-electron chi connectivity index (χ3n) is 22.8. The zero-order chi connectivity index (χ0) is 95.6. The fourth-order valence-electron chi connectivity index (χ4n) is 15.2.